The van der Waals surface area contributed by atoms with E-state index in [2.05, 4.69) is 47.6 Å². The molecule has 0 atom stereocenters. The fourth-order valence-corrected chi connectivity index (χ4v) is 2.47. The fraction of sp³-hybridized carbons (Fsp3) is 0.467. The fourth-order valence-electron chi connectivity index (χ4n) is 2.47. The average molecular weight is 241 g/mol. The van der Waals surface area contributed by atoms with E-state index in [0.717, 1.165) is 30.2 Å². The van der Waals surface area contributed by atoms with Gasteiger partial charge in [-0.05, 0) is 29.9 Å². The molecule has 0 amide bonds. The lowest BCUT2D eigenvalue weighted by Gasteiger charge is -2.23. The zero-order valence-electron chi connectivity index (χ0n) is 11.5. The molecule has 3 heteroatoms. The SMILES string of the molecule is Cc1cn2c(n1)CCc1cc(C(C)(C)C)cnc1-2. The predicted octanol–water partition coefficient (Wildman–Crippen LogP) is 2.97. The van der Waals surface area contributed by atoms with Crippen LogP contribution in [0.2, 0.25) is 0 Å². The van der Waals surface area contributed by atoms with Crippen LogP contribution >= 0.6 is 0 Å². The number of imidazole rings is 1. The van der Waals surface area contributed by atoms with Gasteiger partial charge in [0.05, 0.1) is 5.69 Å². The van der Waals surface area contributed by atoms with Gasteiger partial charge in [-0.2, -0.15) is 0 Å². The number of rotatable bonds is 0. The van der Waals surface area contributed by atoms with Crippen LogP contribution in [0, 0.1) is 6.92 Å². The molecule has 18 heavy (non-hydrogen) atoms. The summed E-state index contributed by atoms with van der Waals surface area (Å²) >= 11 is 0. The van der Waals surface area contributed by atoms with Crippen LogP contribution in [0.4, 0.5) is 0 Å². The van der Waals surface area contributed by atoms with Crippen LogP contribution in [0.3, 0.4) is 0 Å². The maximum atomic E-state index is 4.66. The van der Waals surface area contributed by atoms with E-state index in [1.54, 1.807) is 0 Å². The van der Waals surface area contributed by atoms with Crippen molar-refractivity contribution in [2.45, 2.75) is 46.0 Å². The summed E-state index contributed by atoms with van der Waals surface area (Å²) in [5.74, 6) is 2.20. The van der Waals surface area contributed by atoms with Gasteiger partial charge in [-0.3, -0.25) is 4.57 Å². The van der Waals surface area contributed by atoms with Crippen molar-refractivity contribution in [3.8, 4) is 5.82 Å². The summed E-state index contributed by atoms with van der Waals surface area (Å²) in [7, 11) is 0. The third-order valence-corrected chi connectivity index (χ3v) is 3.55. The lowest BCUT2D eigenvalue weighted by molar-refractivity contribution is 0.584. The van der Waals surface area contributed by atoms with E-state index < -0.39 is 0 Å². The van der Waals surface area contributed by atoms with Gasteiger partial charge in [-0.15, -0.1) is 0 Å². The minimum absolute atomic E-state index is 0.160. The van der Waals surface area contributed by atoms with Crippen LogP contribution in [0.5, 0.6) is 0 Å². The number of aromatic nitrogens is 3. The third-order valence-electron chi connectivity index (χ3n) is 3.55. The Bertz CT molecular complexity index is 603. The zero-order chi connectivity index (χ0) is 12.9. The quantitative estimate of drug-likeness (QED) is 0.710. The van der Waals surface area contributed by atoms with Crippen LogP contribution in [0.25, 0.3) is 5.82 Å². The monoisotopic (exact) mass is 241 g/mol. The minimum Gasteiger partial charge on any atom is -0.287 e. The lowest BCUT2D eigenvalue weighted by atomic mass is 9.87. The summed E-state index contributed by atoms with van der Waals surface area (Å²) in [6, 6.07) is 2.31. The predicted molar refractivity (Wildman–Crippen MR) is 72.2 cm³/mol. The molecule has 0 spiro atoms. The molecule has 2 aromatic heterocycles. The number of hydrogen-bond donors (Lipinski definition) is 0. The second-order valence-corrected chi connectivity index (χ2v) is 6.13. The van der Waals surface area contributed by atoms with Crippen LogP contribution in [0.15, 0.2) is 18.5 Å². The molecule has 94 valence electrons. The number of aryl methyl sites for hydroxylation is 3. The molecule has 0 saturated heterocycles. The van der Waals surface area contributed by atoms with Crippen molar-refractivity contribution in [2.24, 2.45) is 0 Å². The van der Waals surface area contributed by atoms with Gasteiger partial charge in [0.1, 0.15) is 11.6 Å². The van der Waals surface area contributed by atoms with Gasteiger partial charge in [0, 0.05) is 18.8 Å². The largest absolute Gasteiger partial charge is 0.287 e. The molecule has 0 aromatic carbocycles. The first kappa shape index (κ1) is 11.5. The smallest absolute Gasteiger partial charge is 0.141 e. The van der Waals surface area contributed by atoms with Gasteiger partial charge in [0.15, 0.2) is 0 Å². The first-order chi connectivity index (χ1) is 8.45. The average Bonchev–Trinajstić information content (AvgIpc) is 2.68. The summed E-state index contributed by atoms with van der Waals surface area (Å²) < 4.78 is 2.14. The molecule has 0 N–H and O–H groups in total. The molecule has 3 rings (SSSR count). The number of nitrogens with zero attached hydrogens (tertiary/aromatic N) is 3. The van der Waals surface area contributed by atoms with E-state index in [1.807, 2.05) is 13.1 Å². The van der Waals surface area contributed by atoms with Crippen LogP contribution in [0.1, 0.15) is 43.4 Å². The maximum absolute atomic E-state index is 4.66. The van der Waals surface area contributed by atoms with E-state index in [0.29, 0.717) is 0 Å². The highest BCUT2D eigenvalue weighted by Gasteiger charge is 2.21. The van der Waals surface area contributed by atoms with Crippen molar-refractivity contribution in [3.05, 3.63) is 41.1 Å². The zero-order valence-corrected chi connectivity index (χ0v) is 11.5. The van der Waals surface area contributed by atoms with E-state index in [9.17, 15) is 0 Å². The topological polar surface area (TPSA) is 30.7 Å². The van der Waals surface area contributed by atoms with Crippen molar-refractivity contribution in [1.82, 2.24) is 14.5 Å². The Morgan fingerprint density at radius 2 is 2.00 bits per heavy atom. The summed E-state index contributed by atoms with van der Waals surface area (Å²) in [6.07, 6.45) is 6.14. The molecule has 0 fully saturated rings. The van der Waals surface area contributed by atoms with Crippen molar-refractivity contribution >= 4 is 0 Å². The van der Waals surface area contributed by atoms with Gasteiger partial charge >= 0.3 is 0 Å². The molecule has 1 aliphatic rings. The van der Waals surface area contributed by atoms with Gasteiger partial charge < -0.3 is 0 Å². The Balaban J connectivity index is 2.14. The molecule has 0 unspecified atom stereocenters. The highest BCUT2D eigenvalue weighted by Crippen LogP contribution is 2.28. The van der Waals surface area contributed by atoms with E-state index in [-0.39, 0.29) is 5.41 Å². The molecule has 3 heterocycles. The first-order valence-corrected chi connectivity index (χ1v) is 6.50. The summed E-state index contributed by atoms with van der Waals surface area (Å²) in [5, 5.41) is 0. The molecule has 0 radical (unpaired) electrons. The molecule has 1 aliphatic heterocycles. The van der Waals surface area contributed by atoms with E-state index >= 15 is 0 Å². The highest BCUT2D eigenvalue weighted by molar-refractivity contribution is 5.42. The molecular formula is C15H19N3. The van der Waals surface area contributed by atoms with E-state index in [1.165, 1.54) is 11.1 Å². The standard InChI is InChI=1S/C15H19N3/c1-10-9-18-13(17-10)6-5-11-7-12(15(2,3)4)8-16-14(11)18/h7-9H,5-6H2,1-4H3. The minimum atomic E-state index is 0.160. The molecular weight excluding hydrogens is 222 g/mol. The van der Waals surface area contributed by atoms with Crippen LogP contribution < -0.4 is 0 Å². The third kappa shape index (κ3) is 1.74. The molecule has 3 nitrogen and oxygen atoms in total. The molecule has 0 saturated carbocycles. The van der Waals surface area contributed by atoms with Crippen molar-refractivity contribution in [3.63, 3.8) is 0 Å². The van der Waals surface area contributed by atoms with E-state index in [4.69, 9.17) is 0 Å². The Morgan fingerprint density at radius 1 is 1.22 bits per heavy atom. The Kier molecular flexibility index (Phi) is 2.34. The first-order valence-electron chi connectivity index (χ1n) is 6.50. The lowest BCUT2D eigenvalue weighted by Crippen LogP contribution is -2.17. The summed E-state index contributed by atoms with van der Waals surface area (Å²) in [4.78, 5) is 9.21. The van der Waals surface area contributed by atoms with Crippen molar-refractivity contribution in [2.75, 3.05) is 0 Å². The second-order valence-electron chi connectivity index (χ2n) is 6.13. The van der Waals surface area contributed by atoms with Crippen LogP contribution in [-0.4, -0.2) is 14.5 Å². The van der Waals surface area contributed by atoms with Crippen molar-refractivity contribution in [1.29, 1.82) is 0 Å². The Hall–Kier alpha value is -1.64. The van der Waals surface area contributed by atoms with Gasteiger partial charge in [0.2, 0.25) is 0 Å². The number of pyridine rings is 1. The molecule has 2 aromatic rings. The normalized spacial score (nSPS) is 14.2. The summed E-state index contributed by atoms with van der Waals surface area (Å²) in [5.41, 5.74) is 3.88. The number of hydrogen-bond acceptors (Lipinski definition) is 2. The maximum Gasteiger partial charge on any atom is 0.141 e. The Morgan fingerprint density at radius 3 is 2.72 bits per heavy atom. The second kappa shape index (κ2) is 3.67. The Labute approximate surface area is 108 Å². The molecule has 0 bridgehead atoms. The van der Waals surface area contributed by atoms with Gasteiger partial charge in [-0.25, -0.2) is 9.97 Å². The number of fused-ring (bicyclic) bond motifs is 3. The van der Waals surface area contributed by atoms with Crippen LogP contribution in [-0.2, 0) is 18.3 Å². The molecule has 0 aliphatic carbocycles. The summed E-state index contributed by atoms with van der Waals surface area (Å²) in [6.45, 7) is 8.72. The highest BCUT2D eigenvalue weighted by atomic mass is 15.1. The van der Waals surface area contributed by atoms with Gasteiger partial charge in [-0.1, -0.05) is 26.8 Å². The van der Waals surface area contributed by atoms with Gasteiger partial charge in [0.25, 0.3) is 0 Å². The van der Waals surface area contributed by atoms with Crippen molar-refractivity contribution < 1.29 is 0 Å².